The van der Waals surface area contributed by atoms with E-state index in [2.05, 4.69) is 63.3 Å². The SMILES string of the molecule is C[C-](C)C.C[Si]C.Cl.Cl.[C-]1=CC=CC1.[CH3-].[CH3-].[CH3-].[CH3-].[Ti].[c-]1cc2ccccc2[nH]1. The fourth-order valence-corrected chi connectivity index (χ4v) is 1.27. The first-order chi connectivity index (χ1) is 10.1. The Labute approximate surface area is 207 Å². The molecule has 3 rings (SSSR count). The van der Waals surface area contributed by atoms with E-state index < -0.39 is 0 Å². The Balaban J connectivity index is -0.0000000316. The van der Waals surface area contributed by atoms with E-state index in [0.717, 1.165) is 21.5 Å². The molecule has 2 aromatic rings. The van der Waals surface area contributed by atoms with Crippen molar-refractivity contribution in [2.45, 2.75) is 40.3 Å². The van der Waals surface area contributed by atoms with Crippen molar-refractivity contribution < 1.29 is 21.7 Å². The van der Waals surface area contributed by atoms with Crippen molar-refractivity contribution in [1.82, 2.24) is 4.98 Å². The maximum atomic E-state index is 2.99. The summed E-state index contributed by atoms with van der Waals surface area (Å²) >= 11 is 0. The van der Waals surface area contributed by atoms with Crippen LogP contribution in [-0.4, -0.2) is 14.5 Å². The Morgan fingerprint density at radius 3 is 1.75 bits per heavy atom. The Morgan fingerprint density at radius 1 is 0.964 bits per heavy atom. The van der Waals surface area contributed by atoms with Crippen LogP contribution in [0.1, 0.15) is 27.2 Å². The molecule has 1 N–H and O–H groups in total. The number of hydrogen-bond acceptors (Lipinski definition) is 0. The van der Waals surface area contributed by atoms with E-state index >= 15 is 0 Å². The van der Waals surface area contributed by atoms with E-state index in [4.69, 9.17) is 0 Å². The van der Waals surface area contributed by atoms with Crippen LogP contribution in [0.4, 0.5) is 0 Å². The van der Waals surface area contributed by atoms with E-state index in [1.807, 2.05) is 36.4 Å². The minimum atomic E-state index is 0. The number of rotatable bonds is 0. The molecule has 0 amide bonds. The van der Waals surface area contributed by atoms with Crippen molar-refractivity contribution in [3.8, 4) is 0 Å². The second kappa shape index (κ2) is 37.5. The number of hydrogen-bond donors (Lipinski definition) is 1. The molecule has 1 aromatic carbocycles. The number of para-hydroxylation sites is 1. The predicted octanol–water partition coefficient (Wildman–Crippen LogP) is 8.32. The molecular weight excluding hydrogens is 437 g/mol. The second-order valence-corrected chi connectivity index (χ2v) is 6.00. The smallest absolute Gasteiger partial charge is 0.0307 e. The number of halogens is 2. The van der Waals surface area contributed by atoms with Gasteiger partial charge in [0.25, 0.3) is 0 Å². The summed E-state index contributed by atoms with van der Waals surface area (Å²) in [5, 5.41) is 1.22. The van der Waals surface area contributed by atoms with Gasteiger partial charge in [-0.25, -0.2) is 12.2 Å². The summed E-state index contributed by atoms with van der Waals surface area (Å²) in [5.74, 6) is 1.42. The largest absolute Gasteiger partial charge is 0.477 e. The van der Waals surface area contributed by atoms with Gasteiger partial charge in [0.1, 0.15) is 0 Å². The summed E-state index contributed by atoms with van der Waals surface area (Å²) in [5.41, 5.74) is 1.15. The molecule has 0 saturated heterocycles. The number of fused-ring (bicyclic) bond motifs is 1. The standard InChI is InChI=1S/C8H6N.C5H5.C4H9.C2H6Si.4CH3.2ClH.Ti/c1-2-4-8-7(3-1)5-6-9-8;1-2-4-5-3-1;1-4(2)3;1-3-2;;;;;;;/h1-5,9H;1-3H,4H2;1-3H3;1-2H3;4*1H3;2*1H;/q3*-1;;4*-1;;;. The van der Waals surface area contributed by atoms with Gasteiger partial charge in [-0.05, 0) is 0 Å². The fourth-order valence-electron chi connectivity index (χ4n) is 1.27. The second-order valence-electron chi connectivity index (χ2n) is 5.00. The fraction of sp³-hybridized carbons (Fsp3) is 0.261. The third kappa shape index (κ3) is 33.3. The molecule has 1 nitrogen and oxygen atoms in total. The van der Waals surface area contributed by atoms with Gasteiger partial charge in [0.15, 0.2) is 0 Å². The van der Waals surface area contributed by atoms with Crippen LogP contribution in [0.3, 0.4) is 0 Å². The minimum absolute atomic E-state index is 0. The zero-order valence-electron chi connectivity index (χ0n) is 19.1. The van der Waals surface area contributed by atoms with Gasteiger partial charge < -0.3 is 40.6 Å². The summed E-state index contributed by atoms with van der Waals surface area (Å²) in [6.45, 7) is 10.6. The van der Waals surface area contributed by atoms with E-state index in [-0.39, 0.29) is 76.2 Å². The first kappa shape index (κ1) is 50.9. The van der Waals surface area contributed by atoms with Crippen LogP contribution < -0.4 is 0 Å². The molecule has 0 bridgehead atoms. The van der Waals surface area contributed by atoms with Crippen molar-refractivity contribution in [1.29, 1.82) is 0 Å². The van der Waals surface area contributed by atoms with Crippen molar-refractivity contribution in [2.24, 2.45) is 0 Å². The third-order valence-corrected chi connectivity index (χ3v) is 1.98. The Bertz CT molecular complexity index is 483. The predicted molar refractivity (Wildman–Crippen MR) is 137 cm³/mol. The summed E-state index contributed by atoms with van der Waals surface area (Å²) in [6.07, 6.45) is 12.9. The van der Waals surface area contributed by atoms with Crippen LogP contribution in [0.25, 0.3) is 10.9 Å². The zero-order valence-corrected chi connectivity index (χ0v) is 23.3. The first-order valence-corrected chi connectivity index (χ1v) is 9.12. The van der Waals surface area contributed by atoms with Crippen molar-refractivity contribution in [2.75, 3.05) is 0 Å². The Kier molecular flexibility index (Phi) is 68.2. The maximum Gasteiger partial charge on any atom is 0.0307 e. The molecule has 0 spiro atoms. The van der Waals surface area contributed by atoms with Crippen molar-refractivity contribution >= 4 is 45.2 Å². The maximum absolute atomic E-state index is 2.99. The number of aromatic nitrogens is 1. The molecule has 28 heavy (non-hydrogen) atoms. The van der Waals surface area contributed by atoms with Gasteiger partial charge in [-0.3, -0.25) is 6.08 Å². The minimum Gasteiger partial charge on any atom is -0.477 e. The molecular formula is C23H40Cl2NSiTi-7. The topological polar surface area (TPSA) is 15.8 Å². The van der Waals surface area contributed by atoms with Gasteiger partial charge >= 0.3 is 0 Å². The average Bonchev–Trinajstić information content (AvgIpc) is 3.14. The van der Waals surface area contributed by atoms with Gasteiger partial charge in [-0.1, -0.05) is 25.2 Å². The van der Waals surface area contributed by atoms with E-state index in [9.17, 15) is 0 Å². The number of nitrogens with one attached hydrogen (secondary N) is 1. The van der Waals surface area contributed by atoms with E-state index in [0.29, 0.717) is 0 Å². The molecule has 0 saturated carbocycles. The summed E-state index contributed by atoms with van der Waals surface area (Å²) in [7, 11) is 1.08. The van der Waals surface area contributed by atoms with Crippen LogP contribution in [0.15, 0.2) is 48.6 Å². The van der Waals surface area contributed by atoms with Gasteiger partial charge in [0, 0.05) is 31.2 Å². The van der Waals surface area contributed by atoms with Crippen LogP contribution in [0.5, 0.6) is 0 Å². The van der Waals surface area contributed by atoms with Crippen LogP contribution in [0, 0.1) is 47.9 Å². The van der Waals surface area contributed by atoms with Crippen molar-refractivity contribution in [3.63, 3.8) is 0 Å². The first-order valence-electron chi connectivity index (χ1n) is 7.12. The molecule has 166 valence electrons. The van der Waals surface area contributed by atoms with E-state index in [1.165, 1.54) is 11.3 Å². The molecule has 1 heterocycles. The molecule has 0 atom stereocenters. The number of aromatic amines is 1. The molecule has 1 aliphatic rings. The summed E-state index contributed by atoms with van der Waals surface area (Å²) in [4.78, 5) is 2.99. The normalized spacial score (nSPS) is 8.36. The zero-order chi connectivity index (χ0) is 15.9. The molecule has 1 aliphatic carbocycles. The van der Waals surface area contributed by atoms with Crippen LogP contribution in [0.2, 0.25) is 13.1 Å². The molecule has 1 aromatic heterocycles. The number of allylic oxidation sites excluding steroid dienone is 4. The monoisotopic (exact) mass is 476 g/mol. The quantitative estimate of drug-likeness (QED) is 0.290. The van der Waals surface area contributed by atoms with Gasteiger partial charge in [-0.2, -0.15) is 38.3 Å². The Morgan fingerprint density at radius 2 is 1.43 bits per heavy atom. The van der Waals surface area contributed by atoms with Gasteiger partial charge in [0.2, 0.25) is 0 Å². The van der Waals surface area contributed by atoms with E-state index in [1.54, 1.807) is 0 Å². The summed E-state index contributed by atoms with van der Waals surface area (Å²) in [6, 6.07) is 10.1. The van der Waals surface area contributed by atoms with Crippen molar-refractivity contribution in [3.05, 3.63) is 96.5 Å². The van der Waals surface area contributed by atoms with Gasteiger partial charge in [0.05, 0.1) is 0 Å². The molecule has 0 fully saturated rings. The van der Waals surface area contributed by atoms with Crippen LogP contribution >= 0.6 is 24.8 Å². The molecule has 0 aliphatic heterocycles. The van der Waals surface area contributed by atoms with Crippen LogP contribution in [-0.2, 0) is 21.7 Å². The average molecular weight is 477 g/mol. The Hall–Kier alpha value is -0.249. The summed E-state index contributed by atoms with van der Waals surface area (Å²) < 4.78 is 0. The van der Waals surface area contributed by atoms with Gasteiger partial charge in [-0.15, -0.1) is 55.1 Å². The molecule has 5 heteroatoms. The number of benzene rings is 1. The molecule has 2 radical (unpaired) electrons. The molecule has 0 unspecified atom stereocenters. The third-order valence-electron chi connectivity index (χ3n) is 1.98. The number of H-pyrrole nitrogens is 1.